The van der Waals surface area contributed by atoms with Crippen molar-refractivity contribution in [3.8, 4) is 5.75 Å². The first-order valence-corrected chi connectivity index (χ1v) is 8.25. The number of amides is 1. The number of hydrogen-bond donors (Lipinski definition) is 1. The van der Waals surface area contributed by atoms with E-state index in [0.29, 0.717) is 29.7 Å². The molecule has 1 aliphatic rings. The molecule has 126 valence electrons. The van der Waals surface area contributed by atoms with Gasteiger partial charge in [0, 0.05) is 30.3 Å². The van der Waals surface area contributed by atoms with Crippen molar-refractivity contribution >= 4 is 23.2 Å². The minimum absolute atomic E-state index is 0.139. The third-order valence-electron chi connectivity index (χ3n) is 3.96. The highest BCUT2D eigenvalue weighted by Crippen LogP contribution is 2.29. The summed E-state index contributed by atoms with van der Waals surface area (Å²) in [5.74, 6) is 0.645. The molecular formula is C18H19ClN2O3. The Hall–Kier alpha value is -2.11. The molecule has 3 rings (SSSR count). The maximum Gasteiger partial charge on any atom is 0.253 e. The summed E-state index contributed by atoms with van der Waals surface area (Å²) in [6.45, 7) is 3.02. The zero-order valence-electron chi connectivity index (χ0n) is 13.4. The largest absolute Gasteiger partial charge is 0.487 e. The van der Waals surface area contributed by atoms with E-state index < -0.39 is 6.10 Å². The molecule has 2 heterocycles. The lowest BCUT2D eigenvalue weighted by molar-refractivity contribution is -0.126. The van der Waals surface area contributed by atoms with Gasteiger partial charge in [0.05, 0.1) is 5.02 Å². The number of halogens is 1. The van der Waals surface area contributed by atoms with Gasteiger partial charge in [0.25, 0.3) is 5.91 Å². The maximum atomic E-state index is 12.2. The quantitative estimate of drug-likeness (QED) is 0.897. The zero-order chi connectivity index (χ0) is 16.9. The summed E-state index contributed by atoms with van der Waals surface area (Å²) in [7, 11) is 0. The summed E-state index contributed by atoms with van der Waals surface area (Å²) >= 11 is 6.24. The third-order valence-corrected chi connectivity index (χ3v) is 4.26. The van der Waals surface area contributed by atoms with Gasteiger partial charge in [-0.05, 0) is 36.6 Å². The van der Waals surface area contributed by atoms with E-state index in [2.05, 4.69) is 10.3 Å². The Balaban J connectivity index is 1.61. The van der Waals surface area contributed by atoms with Gasteiger partial charge in [0.1, 0.15) is 18.5 Å². The van der Waals surface area contributed by atoms with Gasteiger partial charge in [-0.3, -0.25) is 9.78 Å². The lowest BCUT2D eigenvalue weighted by Crippen LogP contribution is -2.31. The number of anilines is 1. The standard InChI is InChI=1S/C18H19ClN2O3/c1-12-6-8-23-17(12)18(22)21-14-4-5-16(15(19)9-14)24-11-13-3-2-7-20-10-13/h2-5,7,9-10,12,17H,6,8,11H2,1H3,(H,21,22)/t12-,17-/m1/s1. The van der Waals surface area contributed by atoms with Crippen LogP contribution in [0.4, 0.5) is 5.69 Å². The predicted octanol–water partition coefficient (Wildman–Crippen LogP) is 3.68. The average molecular weight is 347 g/mol. The highest BCUT2D eigenvalue weighted by molar-refractivity contribution is 6.32. The van der Waals surface area contributed by atoms with Gasteiger partial charge < -0.3 is 14.8 Å². The Kier molecular flexibility index (Phi) is 5.33. The molecule has 0 bridgehead atoms. The van der Waals surface area contributed by atoms with E-state index >= 15 is 0 Å². The van der Waals surface area contributed by atoms with Crippen LogP contribution in [-0.4, -0.2) is 23.6 Å². The number of pyridine rings is 1. The van der Waals surface area contributed by atoms with Gasteiger partial charge in [-0.15, -0.1) is 0 Å². The van der Waals surface area contributed by atoms with E-state index in [0.717, 1.165) is 12.0 Å². The molecule has 0 radical (unpaired) electrons. The topological polar surface area (TPSA) is 60.5 Å². The normalized spacial score (nSPS) is 19.9. The number of carbonyl (C=O) groups is 1. The smallest absolute Gasteiger partial charge is 0.253 e. The van der Waals surface area contributed by atoms with Gasteiger partial charge in [0.15, 0.2) is 0 Å². The lowest BCUT2D eigenvalue weighted by Gasteiger charge is -2.15. The number of carbonyl (C=O) groups excluding carboxylic acids is 1. The molecule has 1 fully saturated rings. The Morgan fingerprint density at radius 2 is 2.33 bits per heavy atom. The van der Waals surface area contributed by atoms with Crippen molar-refractivity contribution in [2.24, 2.45) is 5.92 Å². The SMILES string of the molecule is C[C@@H]1CCO[C@H]1C(=O)Nc1ccc(OCc2cccnc2)c(Cl)c1. The number of hydrogen-bond acceptors (Lipinski definition) is 4. The molecule has 0 aliphatic carbocycles. The predicted molar refractivity (Wildman–Crippen MR) is 92.2 cm³/mol. The van der Waals surface area contributed by atoms with Crippen LogP contribution in [0.1, 0.15) is 18.9 Å². The van der Waals surface area contributed by atoms with Crippen molar-refractivity contribution < 1.29 is 14.3 Å². The highest BCUT2D eigenvalue weighted by Gasteiger charge is 2.30. The molecule has 0 spiro atoms. The first kappa shape index (κ1) is 16.7. The van der Waals surface area contributed by atoms with Crippen molar-refractivity contribution in [2.45, 2.75) is 26.1 Å². The molecule has 6 heteroatoms. The average Bonchev–Trinajstić information content (AvgIpc) is 3.01. The first-order valence-electron chi connectivity index (χ1n) is 7.87. The molecule has 5 nitrogen and oxygen atoms in total. The summed E-state index contributed by atoms with van der Waals surface area (Å²) in [5, 5.41) is 3.28. The van der Waals surface area contributed by atoms with Gasteiger partial charge in [0.2, 0.25) is 0 Å². The maximum absolute atomic E-state index is 12.2. The number of ether oxygens (including phenoxy) is 2. The molecule has 0 saturated carbocycles. The molecule has 1 aromatic carbocycles. The van der Waals surface area contributed by atoms with Crippen molar-refractivity contribution in [2.75, 3.05) is 11.9 Å². The van der Waals surface area contributed by atoms with E-state index in [1.165, 1.54) is 0 Å². The van der Waals surface area contributed by atoms with Crippen LogP contribution in [0.2, 0.25) is 5.02 Å². The van der Waals surface area contributed by atoms with Crippen LogP contribution >= 0.6 is 11.6 Å². The van der Waals surface area contributed by atoms with E-state index in [9.17, 15) is 4.79 Å². The molecule has 24 heavy (non-hydrogen) atoms. The second-order valence-corrected chi connectivity index (χ2v) is 6.25. The molecule has 1 aliphatic heterocycles. The van der Waals surface area contributed by atoms with Crippen molar-refractivity contribution in [1.82, 2.24) is 4.98 Å². The molecule has 0 unspecified atom stereocenters. The van der Waals surface area contributed by atoms with Crippen LogP contribution < -0.4 is 10.1 Å². The van der Waals surface area contributed by atoms with E-state index in [4.69, 9.17) is 21.1 Å². The van der Waals surface area contributed by atoms with Gasteiger partial charge in [-0.25, -0.2) is 0 Å². The fourth-order valence-corrected chi connectivity index (χ4v) is 2.82. The molecule has 1 amide bonds. The van der Waals surface area contributed by atoms with Crippen LogP contribution in [0.3, 0.4) is 0 Å². The van der Waals surface area contributed by atoms with Crippen molar-refractivity contribution in [3.05, 3.63) is 53.3 Å². The summed E-state index contributed by atoms with van der Waals surface area (Å²) in [6, 6.07) is 8.97. The number of nitrogens with zero attached hydrogens (tertiary/aromatic N) is 1. The monoisotopic (exact) mass is 346 g/mol. The van der Waals surface area contributed by atoms with Crippen LogP contribution in [0, 0.1) is 5.92 Å². The molecule has 2 aromatic rings. The number of benzene rings is 1. The van der Waals surface area contributed by atoms with E-state index in [-0.39, 0.29) is 11.8 Å². The Bertz CT molecular complexity index is 709. The van der Waals surface area contributed by atoms with Gasteiger partial charge in [-0.2, -0.15) is 0 Å². The minimum atomic E-state index is -0.398. The number of nitrogens with one attached hydrogen (secondary N) is 1. The first-order chi connectivity index (χ1) is 11.6. The fourth-order valence-electron chi connectivity index (χ4n) is 2.58. The summed E-state index contributed by atoms with van der Waals surface area (Å²) in [6.07, 6.45) is 3.96. The van der Waals surface area contributed by atoms with Crippen LogP contribution in [0.5, 0.6) is 5.75 Å². The number of aromatic nitrogens is 1. The second kappa shape index (κ2) is 7.64. The molecule has 1 N–H and O–H groups in total. The minimum Gasteiger partial charge on any atom is -0.487 e. The Labute approximate surface area is 145 Å². The lowest BCUT2D eigenvalue weighted by atomic mass is 10.0. The molecule has 1 aromatic heterocycles. The molecular weight excluding hydrogens is 328 g/mol. The fraction of sp³-hybridized carbons (Fsp3) is 0.333. The third kappa shape index (κ3) is 4.04. The zero-order valence-corrected chi connectivity index (χ0v) is 14.1. The van der Waals surface area contributed by atoms with Crippen LogP contribution in [0.25, 0.3) is 0 Å². The number of rotatable bonds is 5. The van der Waals surface area contributed by atoms with Gasteiger partial charge in [-0.1, -0.05) is 24.6 Å². The van der Waals surface area contributed by atoms with Crippen molar-refractivity contribution in [3.63, 3.8) is 0 Å². The summed E-state index contributed by atoms with van der Waals surface area (Å²) in [5.41, 5.74) is 1.58. The Morgan fingerprint density at radius 1 is 1.46 bits per heavy atom. The van der Waals surface area contributed by atoms with Crippen LogP contribution in [-0.2, 0) is 16.1 Å². The molecule has 1 saturated heterocycles. The van der Waals surface area contributed by atoms with Gasteiger partial charge >= 0.3 is 0 Å². The molecule has 2 atom stereocenters. The Morgan fingerprint density at radius 3 is 3.00 bits per heavy atom. The summed E-state index contributed by atoms with van der Waals surface area (Å²) in [4.78, 5) is 16.3. The van der Waals surface area contributed by atoms with E-state index in [1.807, 2.05) is 19.1 Å². The van der Waals surface area contributed by atoms with Crippen molar-refractivity contribution in [1.29, 1.82) is 0 Å². The van der Waals surface area contributed by atoms with Crippen LogP contribution in [0.15, 0.2) is 42.7 Å². The summed E-state index contributed by atoms with van der Waals surface area (Å²) < 4.78 is 11.2. The van der Waals surface area contributed by atoms with E-state index in [1.54, 1.807) is 30.6 Å². The highest BCUT2D eigenvalue weighted by atomic mass is 35.5. The second-order valence-electron chi connectivity index (χ2n) is 5.84.